The molecule has 226 valence electrons. The monoisotopic (exact) mass is 600 g/mol. The van der Waals surface area contributed by atoms with Gasteiger partial charge in [-0.25, -0.2) is 14.8 Å². The Balaban J connectivity index is 1.53. The number of pyridine rings is 3. The third kappa shape index (κ3) is 7.38. The van der Waals surface area contributed by atoms with Gasteiger partial charge in [-0.15, -0.1) is 0 Å². The molecule has 0 unspecified atom stereocenters. The summed E-state index contributed by atoms with van der Waals surface area (Å²) in [6.45, 7) is 2.95. The van der Waals surface area contributed by atoms with E-state index in [-0.39, 0.29) is 58.9 Å². The lowest BCUT2D eigenvalue weighted by Crippen LogP contribution is -2.23. The van der Waals surface area contributed by atoms with Crippen LogP contribution >= 0.6 is 0 Å². The first-order valence-corrected chi connectivity index (χ1v) is 13.0. The molecule has 2 N–H and O–H groups in total. The molecule has 0 fully saturated rings. The van der Waals surface area contributed by atoms with Gasteiger partial charge in [-0.05, 0) is 18.6 Å². The predicted octanol–water partition coefficient (Wildman–Crippen LogP) is 4.85. The highest BCUT2D eigenvalue weighted by Gasteiger charge is 2.32. The molecule has 0 aromatic carbocycles. The quantitative estimate of drug-likeness (QED) is 0.228. The fourth-order valence-corrected chi connectivity index (χ4v) is 3.88. The van der Waals surface area contributed by atoms with E-state index in [1.807, 2.05) is 13.0 Å². The number of carbonyl (C=O) groups excluding carboxylic acids is 1. The number of aryl methyl sites for hydroxylation is 2. The van der Waals surface area contributed by atoms with Crippen molar-refractivity contribution in [2.45, 2.75) is 25.9 Å². The topological polar surface area (TPSA) is 158 Å². The number of halogens is 3. The molecule has 0 radical (unpaired) electrons. The molecular weight excluding hydrogens is 573 g/mol. The fourth-order valence-electron chi connectivity index (χ4n) is 3.88. The standard InChI is InChI=1S/C27H27F3N8O5/c1-4-5-8-41-9-10-42-26(40)35-21-12-17(6-7-32-21)43-20-14-33-23-22(18(20)13-31)38(3)25(36-23)34-19-11-16(27(28,29)30)15-37(2)24(19)39/h6-7,11-12,14-15H,4-5,8-10H2,1-3H3,(H,32,35,40)(H,33,34,36). The molecule has 4 rings (SSSR count). The summed E-state index contributed by atoms with van der Waals surface area (Å²) in [5.74, 6) is 0.330. The van der Waals surface area contributed by atoms with E-state index in [9.17, 15) is 28.0 Å². The van der Waals surface area contributed by atoms with Gasteiger partial charge in [0.05, 0.1) is 18.4 Å². The maximum absolute atomic E-state index is 13.3. The average molecular weight is 601 g/mol. The highest BCUT2D eigenvalue weighted by atomic mass is 19.4. The molecular formula is C27H27F3N8O5. The molecule has 0 aliphatic carbocycles. The van der Waals surface area contributed by atoms with Gasteiger partial charge >= 0.3 is 12.3 Å². The van der Waals surface area contributed by atoms with Gasteiger partial charge in [-0.2, -0.15) is 23.4 Å². The molecule has 0 saturated carbocycles. The van der Waals surface area contributed by atoms with Crippen LogP contribution in [0.5, 0.6) is 11.5 Å². The van der Waals surface area contributed by atoms with E-state index in [1.165, 1.54) is 43.2 Å². The SMILES string of the molecule is CCCCOCCOC(=O)Nc1cc(Oc2cnc3nc(Nc4cc(C(F)(F)F)cn(C)c4=O)n(C)c3c2C#N)ccn1. The summed E-state index contributed by atoms with van der Waals surface area (Å²) in [4.78, 5) is 37.1. The molecule has 0 spiro atoms. The van der Waals surface area contributed by atoms with Crippen molar-refractivity contribution < 1.29 is 32.2 Å². The zero-order valence-corrected chi connectivity index (χ0v) is 23.4. The van der Waals surface area contributed by atoms with Gasteiger partial charge in [0.1, 0.15) is 41.0 Å². The number of fused-ring (bicyclic) bond motifs is 1. The van der Waals surface area contributed by atoms with E-state index in [4.69, 9.17) is 14.2 Å². The maximum Gasteiger partial charge on any atom is 0.417 e. The summed E-state index contributed by atoms with van der Waals surface area (Å²) in [5, 5.41) is 15.0. The van der Waals surface area contributed by atoms with Gasteiger partial charge in [0, 0.05) is 39.2 Å². The first-order valence-electron chi connectivity index (χ1n) is 13.0. The maximum atomic E-state index is 13.3. The number of aromatic nitrogens is 5. The molecule has 0 saturated heterocycles. The van der Waals surface area contributed by atoms with Crippen LogP contribution in [0.15, 0.2) is 41.6 Å². The lowest BCUT2D eigenvalue weighted by molar-refractivity contribution is -0.138. The Labute approximate surface area is 242 Å². The zero-order chi connectivity index (χ0) is 31.1. The number of nitrogens with one attached hydrogen (secondary N) is 2. The van der Waals surface area contributed by atoms with E-state index in [0.29, 0.717) is 18.9 Å². The Hall–Kier alpha value is -5.17. The van der Waals surface area contributed by atoms with Crippen molar-refractivity contribution in [1.29, 1.82) is 5.26 Å². The minimum Gasteiger partial charge on any atom is -0.454 e. The number of nitriles is 1. The second-order valence-electron chi connectivity index (χ2n) is 9.16. The summed E-state index contributed by atoms with van der Waals surface area (Å²) in [7, 11) is 2.70. The van der Waals surface area contributed by atoms with Crippen LogP contribution < -0.4 is 20.9 Å². The van der Waals surface area contributed by atoms with Crippen LogP contribution in [-0.2, 0) is 29.7 Å². The van der Waals surface area contributed by atoms with E-state index in [1.54, 1.807) is 0 Å². The number of unbranched alkanes of at least 4 members (excludes halogenated alkanes) is 1. The van der Waals surface area contributed by atoms with E-state index < -0.39 is 23.4 Å². The Morgan fingerprint density at radius 2 is 1.95 bits per heavy atom. The number of amides is 1. The number of hydrogen-bond donors (Lipinski definition) is 2. The third-order valence-electron chi connectivity index (χ3n) is 6.03. The molecule has 0 atom stereocenters. The summed E-state index contributed by atoms with van der Waals surface area (Å²) in [6, 6.07) is 5.61. The predicted molar refractivity (Wildman–Crippen MR) is 148 cm³/mol. The Bertz CT molecular complexity index is 1730. The minimum atomic E-state index is -4.68. The third-order valence-corrected chi connectivity index (χ3v) is 6.03. The number of alkyl halides is 3. The minimum absolute atomic E-state index is 0.0128. The number of carbonyl (C=O) groups is 1. The molecule has 0 bridgehead atoms. The van der Waals surface area contributed by atoms with Crippen molar-refractivity contribution in [3.05, 3.63) is 58.3 Å². The molecule has 13 nitrogen and oxygen atoms in total. The number of rotatable bonds is 11. The Kier molecular flexibility index (Phi) is 9.46. The van der Waals surface area contributed by atoms with Crippen molar-refractivity contribution >= 4 is 34.7 Å². The molecule has 1 amide bonds. The van der Waals surface area contributed by atoms with Crippen LogP contribution in [0.1, 0.15) is 30.9 Å². The van der Waals surface area contributed by atoms with Crippen molar-refractivity contribution in [2.24, 2.45) is 14.1 Å². The smallest absolute Gasteiger partial charge is 0.417 e. The van der Waals surface area contributed by atoms with Crippen molar-refractivity contribution in [2.75, 3.05) is 30.5 Å². The lowest BCUT2D eigenvalue weighted by Gasteiger charge is -2.12. The van der Waals surface area contributed by atoms with Crippen molar-refractivity contribution in [1.82, 2.24) is 24.1 Å². The van der Waals surface area contributed by atoms with Crippen LogP contribution in [0, 0.1) is 11.3 Å². The molecule has 4 heterocycles. The van der Waals surface area contributed by atoms with E-state index in [2.05, 4.69) is 25.6 Å². The first-order chi connectivity index (χ1) is 20.5. The summed E-state index contributed by atoms with van der Waals surface area (Å²) in [6.07, 6.45) is -0.193. The summed E-state index contributed by atoms with van der Waals surface area (Å²) < 4.78 is 58.4. The molecule has 0 aliphatic rings. The summed E-state index contributed by atoms with van der Waals surface area (Å²) in [5.41, 5.74) is -1.83. The number of hydrogen-bond acceptors (Lipinski definition) is 10. The normalized spacial score (nSPS) is 11.3. The van der Waals surface area contributed by atoms with Gasteiger partial charge in [-0.3, -0.25) is 10.1 Å². The van der Waals surface area contributed by atoms with E-state index in [0.717, 1.165) is 17.4 Å². The molecule has 4 aromatic heterocycles. The van der Waals surface area contributed by atoms with Gasteiger partial charge in [0.25, 0.3) is 5.56 Å². The van der Waals surface area contributed by atoms with Crippen LogP contribution in [0.3, 0.4) is 0 Å². The molecule has 16 heteroatoms. The highest BCUT2D eigenvalue weighted by molar-refractivity contribution is 5.85. The largest absolute Gasteiger partial charge is 0.454 e. The van der Waals surface area contributed by atoms with Gasteiger partial charge in [-0.1, -0.05) is 13.3 Å². The zero-order valence-electron chi connectivity index (χ0n) is 23.4. The Morgan fingerprint density at radius 3 is 2.67 bits per heavy atom. The van der Waals surface area contributed by atoms with Gasteiger partial charge in [0.2, 0.25) is 5.95 Å². The van der Waals surface area contributed by atoms with Crippen LogP contribution in [-0.4, -0.2) is 50.0 Å². The van der Waals surface area contributed by atoms with Gasteiger partial charge < -0.3 is 28.7 Å². The molecule has 43 heavy (non-hydrogen) atoms. The first kappa shape index (κ1) is 30.8. The molecule has 0 aliphatic heterocycles. The Morgan fingerprint density at radius 1 is 1.16 bits per heavy atom. The second-order valence-corrected chi connectivity index (χ2v) is 9.16. The van der Waals surface area contributed by atoms with Crippen LogP contribution in [0.25, 0.3) is 11.2 Å². The second kappa shape index (κ2) is 13.2. The number of ether oxygens (including phenoxy) is 3. The average Bonchev–Trinajstić information content (AvgIpc) is 3.27. The number of imidazole rings is 1. The molecule has 4 aromatic rings. The van der Waals surface area contributed by atoms with E-state index >= 15 is 0 Å². The summed E-state index contributed by atoms with van der Waals surface area (Å²) >= 11 is 0. The van der Waals surface area contributed by atoms with Gasteiger partial charge in [0.15, 0.2) is 11.4 Å². The van der Waals surface area contributed by atoms with Crippen LogP contribution in [0.4, 0.5) is 35.4 Å². The number of anilines is 3. The van der Waals surface area contributed by atoms with Crippen LogP contribution in [0.2, 0.25) is 0 Å². The van der Waals surface area contributed by atoms with Crippen molar-refractivity contribution in [3.8, 4) is 17.6 Å². The fraction of sp³-hybridized carbons (Fsp3) is 0.333. The highest BCUT2D eigenvalue weighted by Crippen LogP contribution is 2.33. The number of nitrogens with zero attached hydrogens (tertiary/aromatic N) is 6. The van der Waals surface area contributed by atoms with Crippen molar-refractivity contribution in [3.63, 3.8) is 0 Å². The lowest BCUT2D eigenvalue weighted by atomic mass is 10.2.